The number of methoxy groups -OCH3 is 1. The summed E-state index contributed by atoms with van der Waals surface area (Å²) in [6.45, 7) is 4.57. The number of amides is 1. The summed E-state index contributed by atoms with van der Waals surface area (Å²) in [5.41, 5.74) is 8.84. The molecule has 0 bridgehead atoms. The van der Waals surface area contributed by atoms with Gasteiger partial charge in [0, 0.05) is 17.7 Å². The standard InChI is InChI=1S/C18H28N2O2/c1-13-7-8-15(14(2)17(13)22-3)20-16(21)11-18(12-19)9-5-4-6-10-18/h7-8H,4-6,9-12,19H2,1-3H3,(H,20,21). The molecule has 0 spiro atoms. The van der Waals surface area contributed by atoms with E-state index in [1.54, 1.807) is 7.11 Å². The van der Waals surface area contributed by atoms with E-state index in [0.717, 1.165) is 35.4 Å². The third-order valence-corrected chi connectivity index (χ3v) is 4.96. The molecule has 0 atom stereocenters. The minimum absolute atomic E-state index is 0.00891. The molecule has 1 aromatic carbocycles. The van der Waals surface area contributed by atoms with Crippen molar-refractivity contribution in [2.75, 3.05) is 19.0 Å². The Kier molecular flexibility index (Phi) is 5.46. The van der Waals surface area contributed by atoms with Crippen LogP contribution < -0.4 is 15.8 Å². The molecule has 0 aromatic heterocycles. The highest BCUT2D eigenvalue weighted by atomic mass is 16.5. The summed E-state index contributed by atoms with van der Waals surface area (Å²) < 4.78 is 5.42. The van der Waals surface area contributed by atoms with Gasteiger partial charge >= 0.3 is 0 Å². The molecule has 1 aromatic rings. The minimum Gasteiger partial charge on any atom is -0.496 e. The number of aryl methyl sites for hydroxylation is 1. The molecule has 22 heavy (non-hydrogen) atoms. The first-order chi connectivity index (χ1) is 10.5. The first kappa shape index (κ1) is 16.8. The number of carbonyl (C=O) groups excluding carboxylic acids is 1. The molecule has 0 heterocycles. The molecule has 1 aliphatic carbocycles. The highest BCUT2D eigenvalue weighted by molar-refractivity contribution is 5.92. The predicted molar refractivity (Wildman–Crippen MR) is 90.3 cm³/mol. The molecule has 4 heteroatoms. The van der Waals surface area contributed by atoms with Crippen LogP contribution in [0.25, 0.3) is 0 Å². The summed E-state index contributed by atoms with van der Waals surface area (Å²) in [4.78, 5) is 12.5. The van der Waals surface area contributed by atoms with Crippen molar-refractivity contribution in [1.82, 2.24) is 0 Å². The van der Waals surface area contributed by atoms with E-state index in [4.69, 9.17) is 10.5 Å². The Morgan fingerprint density at radius 3 is 2.55 bits per heavy atom. The van der Waals surface area contributed by atoms with E-state index < -0.39 is 0 Å². The number of hydrogen-bond donors (Lipinski definition) is 2. The molecule has 0 aliphatic heterocycles. The third kappa shape index (κ3) is 3.61. The normalized spacial score (nSPS) is 17.1. The van der Waals surface area contributed by atoms with Gasteiger partial charge in [-0.25, -0.2) is 0 Å². The largest absolute Gasteiger partial charge is 0.496 e. The fraction of sp³-hybridized carbons (Fsp3) is 0.611. The van der Waals surface area contributed by atoms with E-state index in [1.807, 2.05) is 26.0 Å². The van der Waals surface area contributed by atoms with E-state index in [2.05, 4.69) is 5.32 Å². The predicted octanol–water partition coefficient (Wildman–Crippen LogP) is 3.55. The lowest BCUT2D eigenvalue weighted by atomic mass is 9.71. The van der Waals surface area contributed by atoms with Gasteiger partial charge in [-0.1, -0.05) is 25.3 Å². The molecule has 4 nitrogen and oxygen atoms in total. The molecule has 1 fully saturated rings. The van der Waals surface area contributed by atoms with Crippen LogP contribution in [0.3, 0.4) is 0 Å². The number of anilines is 1. The number of nitrogens with two attached hydrogens (primary N) is 1. The Balaban J connectivity index is 2.09. The average molecular weight is 304 g/mol. The van der Waals surface area contributed by atoms with Crippen molar-refractivity contribution in [3.05, 3.63) is 23.3 Å². The van der Waals surface area contributed by atoms with E-state index in [0.29, 0.717) is 13.0 Å². The Bertz CT molecular complexity index is 534. The lowest BCUT2D eigenvalue weighted by molar-refractivity contribution is -0.118. The zero-order chi connectivity index (χ0) is 16.2. The number of carbonyl (C=O) groups is 1. The van der Waals surface area contributed by atoms with Crippen LogP contribution in [0.5, 0.6) is 5.75 Å². The molecule has 1 aliphatic rings. The zero-order valence-electron chi connectivity index (χ0n) is 14.0. The maximum absolute atomic E-state index is 12.5. The quantitative estimate of drug-likeness (QED) is 0.874. The van der Waals surface area contributed by atoms with Gasteiger partial charge in [-0.15, -0.1) is 0 Å². The van der Waals surface area contributed by atoms with Crippen molar-refractivity contribution in [3.63, 3.8) is 0 Å². The molecular formula is C18H28N2O2. The highest BCUT2D eigenvalue weighted by Gasteiger charge is 2.33. The fourth-order valence-electron chi connectivity index (χ4n) is 3.57. The minimum atomic E-state index is -0.00891. The monoisotopic (exact) mass is 304 g/mol. The number of nitrogens with one attached hydrogen (secondary N) is 1. The maximum Gasteiger partial charge on any atom is 0.224 e. The smallest absolute Gasteiger partial charge is 0.224 e. The van der Waals surface area contributed by atoms with E-state index >= 15 is 0 Å². The van der Waals surface area contributed by atoms with Gasteiger partial charge in [0.2, 0.25) is 5.91 Å². The van der Waals surface area contributed by atoms with E-state index in [9.17, 15) is 4.79 Å². The third-order valence-electron chi connectivity index (χ3n) is 4.96. The van der Waals surface area contributed by atoms with Crippen molar-refractivity contribution in [1.29, 1.82) is 0 Å². The van der Waals surface area contributed by atoms with Crippen molar-refractivity contribution < 1.29 is 9.53 Å². The lowest BCUT2D eigenvalue weighted by Gasteiger charge is -2.35. The van der Waals surface area contributed by atoms with Crippen LogP contribution >= 0.6 is 0 Å². The maximum atomic E-state index is 12.5. The second-order valence-electron chi connectivity index (χ2n) is 6.58. The Labute approximate surface area is 133 Å². The number of benzene rings is 1. The van der Waals surface area contributed by atoms with Gasteiger partial charge in [-0.2, -0.15) is 0 Å². The number of rotatable bonds is 5. The molecule has 0 unspecified atom stereocenters. The van der Waals surface area contributed by atoms with Gasteiger partial charge < -0.3 is 15.8 Å². The molecule has 1 saturated carbocycles. The van der Waals surface area contributed by atoms with Crippen molar-refractivity contribution in [2.24, 2.45) is 11.1 Å². The van der Waals surface area contributed by atoms with Crippen LogP contribution in [0.4, 0.5) is 5.69 Å². The van der Waals surface area contributed by atoms with Gasteiger partial charge in [0.1, 0.15) is 5.75 Å². The van der Waals surface area contributed by atoms with Gasteiger partial charge in [0.05, 0.1) is 7.11 Å². The molecule has 0 saturated heterocycles. The van der Waals surface area contributed by atoms with Crippen LogP contribution in [0.1, 0.15) is 49.7 Å². The molecule has 122 valence electrons. The van der Waals surface area contributed by atoms with Crippen LogP contribution in [0.15, 0.2) is 12.1 Å². The topological polar surface area (TPSA) is 64.3 Å². The fourth-order valence-corrected chi connectivity index (χ4v) is 3.57. The van der Waals surface area contributed by atoms with Crippen molar-refractivity contribution in [3.8, 4) is 5.75 Å². The van der Waals surface area contributed by atoms with Gasteiger partial charge in [-0.05, 0) is 50.3 Å². The molecule has 2 rings (SSSR count). The van der Waals surface area contributed by atoms with Gasteiger partial charge in [-0.3, -0.25) is 4.79 Å². The number of hydrogen-bond acceptors (Lipinski definition) is 3. The van der Waals surface area contributed by atoms with E-state index in [1.165, 1.54) is 19.3 Å². The zero-order valence-corrected chi connectivity index (χ0v) is 14.0. The SMILES string of the molecule is COc1c(C)ccc(NC(=O)CC2(CN)CCCCC2)c1C. The van der Waals surface area contributed by atoms with Gasteiger partial charge in [0.15, 0.2) is 0 Å². The van der Waals surface area contributed by atoms with Crippen molar-refractivity contribution >= 4 is 11.6 Å². The summed E-state index contributed by atoms with van der Waals surface area (Å²) in [5.74, 6) is 0.894. The van der Waals surface area contributed by atoms with Gasteiger partial charge in [0.25, 0.3) is 0 Å². The summed E-state index contributed by atoms with van der Waals surface area (Å²) in [7, 11) is 1.66. The van der Waals surface area contributed by atoms with E-state index in [-0.39, 0.29) is 11.3 Å². The Morgan fingerprint density at radius 2 is 1.95 bits per heavy atom. The molecule has 0 radical (unpaired) electrons. The Morgan fingerprint density at radius 1 is 1.27 bits per heavy atom. The summed E-state index contributed by atoms with van der Waals surface area (Å²) in [5, 5.41) is 3.04. The van der Waals surface area contributed by atoms with Crippen molar-refractivity contribution in [2.45, 2.75) is 52.4 Å². The summed E-state index contributed by atoms with van der Waals surface area (Å²) in [6, 6.07) is 3.92. The average Bonchev–Trinajstić information content (AvgIpc) is 2.51. The summed E-state index contributed by atoms with van der Waals surface area (Å²) in [6.07, 6.45) is 6.26. The second-order valence-corrected chi connectivity index (χ2v) is 6.58. The summed E-state index contributed by atoms with van der Waals surface area (Å²) >= 11 is 0. The first-order valence-electron chi connectivity index (χ1n) is 8.15. The van der Waals surface area contributed by atoms with Crippen LogP contribution in [0.2, 0.25) is 0 Å². The molecule has 3 N–H and O–H groups in total. The lowest BCUT2D eigenvalue weighted by Crippen LogP contribution is -2.36. The van der Waals surface area contributed by atoms with Crippen LogP contribution in [0, 0.1) is 19.3 Å². The molecular weight excluding hydrogens is 276 g/mol. The number of ether oxygens (including phenoxy) is 1. The second kappa shape index (κ2) is 7.14. The highest BCUT2D eigenvalue weighted by Crippen LogP contribution is 2.39. The van der Waals surface area contributed by atoms with Crippen LogP contribution in [-0.4, -0.2) is 19.6 Å². The molecule has 1 amide bonds. The Hall–Kier alpha value is -1.55. The van der Waals surface area contributed by atoms with Crippen LogP contribution in [-0.2, 0) is 4.79 Å². The first-order valence-corrected chi connectivity index (χ1v) is 8.15.